The zero-order valence-electron chi connectivity index (χ0n) is 40.3. The first kappa shape index (κ1) is 50.8. The van der Waals surface area contributed by atoms with E-state index in [1.54, 1.807) is 6.92 Å². The number of hydrogen-bond donors (Lipinski definition) is 0. The van der Waals surface area contributed by atoms with Gasteiger partial charge >= 0.3 is 5.97 Å². The zero-order chi connectivity index (χ0) is 43.0. The molecule has 0 aliphatic carbocycles. The van der Waals surface area contributed by atoms with E-state index in [1.807, 2.05) is 0 Å². The first-order valence-electron chi connectivity index (χ1n) is 25.2. The lowest BCUT2D eigenvalue weighted by atomic mass is 9.95. The van der Waals surface area contributed by atoms with Crippen LogP contribution in [0.3, 0.4) is 0 Å². The lowest BCUT2D eigenvalue weighted by Gasteiger charge is -2.47. The van der Waals surface area contributed by atoms with Crippen molar-refractivity contribution in [3.05, 3.63) is 86.5 Å². The van der Waals surface area contributed by atoms with E-state index in [0.29, 0.717) is 0 Å². The molecule has 0 bridgehead atoms. The number of hydrogen-bond acceptors (Lipinski definition) is 2. The minimum Gasteiger partial charge on any atom is -0.402 e. The number of carbonyl (C=O) groups excluding carboxylic acids is 1. The number of unbranched alkanes of at least 4 members (excludes halogenated alkanes) is 9. The molecule has 3 aromatic rings. The molecule has 0 unspecified atom stereocenters. The van der Waals surface area contributed by atoms with Crippen molar-refractivity contribution in [2.75, 3.05) is 0 Å². The van der Waals surface area contributed by atoms with Gasteiger partial charge in [-0.2, -0.15) is 0 Å². The minimum atomic E-state index is -2.56. The first-order chi connectivity index (χ1) is 28.7. The molecule has 0 fully saturated rings. The van der Waals surface area contributed by atoms with Crippen molar-refractivity contribution in [3.63, 3.8) is 0 Å². The van der Waals surface area contributed by atoms with Crippen molar-refractivity contribution in [2.45, 2.75) is 257 Å². The second-order valence-corrected chi connectivity index (χ2v) is 20.3. The van der Waals surface area contributed by atoms with Crippen LogP contribution in [0.15, 0.2) is 51.1 Å². The van der Waals surface area contributed by atoms with Crippen molar-refractivity contribution < 1.29 is 8.98 Å². The van der Waals surface area contributed by atoms with Gasteiger partial charge in [0.05, 0.1) is 0 Å². The third-order valence-corrected chi connectivity index (χ3v) is 16.0. The van der Waals surface area contributed by atoms with Gasteiger partial charge in [0.25, 0.3) is 0 Å². The van der Waals surface area contributed by atoms with Crippen LogP contribution in [0.1, 0.15) is 235 Å². The van der Waals surface area contributed by atoms with Crippen LogP contribution in [0.5, 0.6) is 0 Å². The van der Waals surface area contributed by atoms with Gasteiger partial charge in [-0.05, 0) is 176 Å². The molecule has 0 saturated carbocycles. The van der Waals surface area contributed by atoms with Crippen LogP contribution in [0.25, 0.3) is 0 Å². The molecule has 0 aliphatic rings. The third kappa shape index (κ3) is 14.5. The fraction of sp³-hybridized carbons (Fsp3) is 0.661. The molecule has 3 heteroatoms. The van der Waals surface area contributed by atoms with Crippen LogP contribution in [0, 0.1) is 0 Å². The van der Waals surface area contributed by atoms with E-state index in [4.69, 9.17) is 4.18 Å². The zero-order valence-corrected chi connectivity index (χ0v) is 41.1. The summed E-state index contributed by atoms with van der Waals surface area (Å²) in [5.74, 6) is -0.131. The van der Waals surface area contributed by atoms with Gasteiger partial charge in [-0.15, -0.1) is 0 Å². The van der Waals surface area contributed by atoms with Gasteiger partial charge < -0.3 is 4.18 Å². The van der Waals surface area contributed by atoms with Crippen molar-refractivity contribution >= 4 is 16.3 Å². The molecule has 0 spiro atoms. The molecule has 2 nitrogen and oxygen atoms in total. The fourth-order valence-electron chi connectivity index (χ4n) is 9.09. The standard InChI is InChI=1S/C56H90O2S/c1-11-20-29-45-38-48(32-23-14-4)54(49(39-45)33-24-15-5)59(58-44(10)57,55-50(34-25-16-6)40-46(30-21-12-2)41-51(55)35-26-17-7)56-52(36-27-18-8)42-47(31-22-13-3)43-53(56)37-28-19-9/h38-43H,11-37H2,1-10H3. The van der Waals surface area contributed by atoms with Crippen LogP contribution < -0.4 is 0 Å². The smallest absolute Gasteiger partial charge is 0.313 e. The molecule has 3 rings (SSSR count). The predicted octanol–water partition coefficient (Wildman–Crippen LogP) is 17.5. The Balaban J connectivity index is 2.91. The number of carbonyl (C=O) groups is 1. The topological polar surface area (TPSA) is 26.3 Å². The summed E-state index contributed by atoms with van der Waals surface area (Å²) in [6.45, 7) is 22.7. The molecule has 0 radical (unpaired) electrons. The number of aryl methyl sites for hydroxylation is 9. The predicted molar refractivity (Wildman–Crippen MR) is 261 cm³/mol. The Bertz CT molecular complexity index is 1400. The fourth-order valence-corrected chi connectivity index (χ4v) is 13.5. The summed E-state index contributed by atoms with van der Waals surface area (Å²) in [6, 6.07) is 15.6. The van der Waals surface area contributed by atoms with Gasteiger partial charge in [0.1, 0.15) is 0 Å². The van der Waals surface area contributed by atoms with Gasteiger partial charge in [-0.25, -0.2) is 0 Å². The summed E-state index contributed by atoms with van der Waals surface area (Å²) >= 11 is 0. The van der Waals surface area contributed by atoms with Crippen LogP contribution in [-0.2, 0) is 66.8 Å². The van der Waals surface area contributed by atoms with E-state index in [-0.39, 0.29) is 5.97 Å². The second-order valence-electron chi connectivity index (χ2n) is 17.8. The summed E-state index contributed by atoms with van der Waals surface area (Å²) in [4.78, 5) is 18.8. The highest BCUT2D eigenvalue weighted by atomic mass is 32.3. The highest BCUT2D eigenvalue weighted by Gasteiger charge is 2.44. The molecule has 59 heavy (non-hydrogen) atoms. The largest absolute Gasteiger partial charge is 0.402 e. The Morgan fingerprint density at radius 2 is 0.542 bits per heavy atom. The van der Waals surface area contributed by atoms with Crippen LogP contribution >= 0.6 is 10.3 Å². The Kier molecular flexibility index (Phi) is 24.3. The summed E-state index contributed by atoms with van der Waals surface area (Å²) in [5.41, 5.74) is 13.2. The van der Waals surface area contributed by atoms with Crippen LogP contribution in [0.4, 0.5) is 0 Å². The average Bonchev–Trinajstić information content (AvgIpc) is 3.23. The van der Waals surface area contributed by atoms with E-state index in [2.05, 4.69) is 98.7 Å². The monoisotopic (exact) mass is 827 g/mol. The lowest BCUT2D eigenvalue weighted by Crippen LogP contribution is -2.22. The van der Waals surface area contributed by atoms with Crippen LogP contribution in [-0.4, -0.2) is 5.97 Å². The number of rotatable bonds is 31. The second kappa shape index (κ2) is 28.2. The van der Waals surface area contributed by atoms with Gasteiger partial charge in [0.2, 0.25) is 0 Å². The summed E-state index contributed by atoms with van der Waals surface area (Å²) in [6.07, 6.45) is 30.3. The van der Waals surface area contributed by atoms with Gasteiger partial charge in [-0.1, -0.05) is 156 Å². The van der Waals surface area contributed by atoms with E-state index in [0.717, 1.165) is 135 Å². The lowest BCUT2D eigenvalue weighted by molar-refractivity contribution is -0.131. The number of benzene rings is 3. The summed E-state index contributed by atoms with van der Waals surface area (Å²) in [5, 5.41) is 0. The maximum atomic E-state index is 14.6. The molecule has 0 saturated heterocycles. The maximum absolute atomic E-state index is 14.6. The Morgan fingerprint density at radius 3 is 0.712 bits per heavy atom. The van der Waals surface area contributed by atoms with Crippen molar-refractivity contribution in [1.82, 2.24) is 0 Å². The Morgan fingerprint density at radius 1 is 0.356 bits per heavy atom. The quantitative estimate of drug-likeness (QED) is 0.0646. The highest BCUT2D eigenvalue weighted by molar-refractivity contribution is 8.30. The Labute approximate surface area is 367 Å². The highest BCUT2D eigenvalue weighted by Crippen LogP contribution is 2.74. The Hall–Kier alpha value is -2.52. The molecule has 332 valence electrons. The maximum Gasteiger partial charge on any atom is 0.313 e. The summed E-state index contributed by atoms with van der Waals surface area (Å²) < 4.78 is 7.73. The SMILES string of the molecule is CCCCc1cc(CCCC)c(S(OC(C)=O)(c2c(CCCC)cc(CCCC)cc2CCCC)c2c(CCCC)cc(CCCC)cc2CCCC)c(CCCC)c1. The van der Waals surface area contributed by atoms with E-state index < -0.39 is 10.3 Å². The minimum absolute atomic E-state index is 0.131. The first-order valence-corrected chi connectivity index (χ1v) is 26.8. The molecule has 0 aromatic heterocycles. The van der Waals surface area contributed by atoms with Gasteiger partial charge in [0.15, 0.2) is 0 Å². The van der Waals surface area contributed by atoms with E-state index in [9.17, 15) is 4.79 Å². The normalized spacial score (nSPS) is 12.0. The van der Waals surface area contributed by atoms with Gasteiger partial charge in [0, 0.05) is 21.6 Å². The van der Waals surface area contributed by atoms with Crippen molar-refractivity contribution in [1.29, 1.82) is 0 Å². The van der Waals surface area contributed by atoms with Crippen molar-refractivity contribution in [2.24, 2.45) is 0 Å². The summed E-state index contributed by atoms with van der Waals surface area (Å²) in [7, 11) is -2.56. The molecule has 0 atom stereocenters. The van der Waals surface area contributed by atoms with Crippen molar-refractivity contribution in [3.8, 4) is 0 Å². The average molecular weight is 827 g/mol. The third-order valence-electron chi connectivity index (χ3n) is 12.3. The van der Waals surface area contributed by atoms with Gasteiger partial charge in [-0.3, -0.25) is 4.79 Å². The molecule has 0 amide bonds. The molecule has 0 aliphatic heterocycles. The molecule has 0 N–H and O–H groups in total. The van der Waals surface area contributed by atoms with Crippen LogP contribution in [0.2, 0.25) is 0 Å². The molecule has 3 aromatic carbocycles. The van der Waals surface area contributed by atoms with E-state index in [1.165, 1.54) is 103 Å². The molecular weight excluding hydrogens is 737 g/mol. The molecule has 0 heterocycles. The molecular formula is C56H90O2S. The van der Waals surface area contributed by atoms with E-state index >= 15 is 0 Å².